The molecule has 0 N–H and O–H groups in total. The number of non-ortho nitro benzene ring substituents is 1. The maximum Gasteiger partial charge on any atom is 0.270 e. The van der Waals surface area contributed by atoms with E-state index in [1.807, 2.05) is 0 Å². The van der Waals surface area contributed by atoms with Crippen molar-refractivity contribution in [3.05, 3.63) is 33.9 Å². The molecule has 20 heavy (non-hydrogen) atoms. The van der Waals surface area contributed by atoms with Gasteiger partial charge in [-0.15, -0.1) is 0 Å². The van der Waals surface area contributed by atoms with E-state index >= 15 is 0 Å². The van der Waals surface area contributed by atoms with Crippen LogP contribution in [0.4, 0.5) is 11.4 Å². The van der Waals surface area contributed by atoms with Crippen molar-refractivity contribution in [2.45, 2.75) is 25.9 Å². The van der Waals surface area contributed by atoms with E-state index in [9.17, 15) is 14.9 Å². The van der Waals surface area contributed by atoms with Crippen LogP contribution in [0, 0.1) is 10.1 Å². The molecule has 108 valence electrons. The largest absolute Gasteiger partial charge is 0.368 e. The zero-order chi connectivity index (χ0) is 14.9. The van der Waals surface area contributed by atoms with Gasteiger partial charge in [-0.1, -0.05) is 0 Å². The number of benzene rings is 1. The Morgan fingerprint density at radius 1 is 1.30 bits per heavy atom. The molecule has 0 aliphatic carbocycles. The maximum atomic E-state index is 11.2. The minimum absolute atomic E-state index is 0.0499. The first kappa shape index (κ1) is 14.5. The number of nitro benzene ring substituents is 1. The molecule has 0 bridgehead atoms. The predicted molar refractivity (Wildman–Crippen MR) is 77.4 cm³/mol. The number of nitrogens with zero attached hydrogens (tertiary/aromatic N) is 3. The van der Waals surface area contributed by atoms with E-state index in [2.05, 4.69) is 30.7 Å². The highest BCUT2D eigenvalue weighted by atomic mass is 16.6. The zero-order valence-corrected chi connectivity index (χ0v) is 11.9. The van der Waals surface area contributed by atoms with Gasteiger partial charge in [0.05, 0.1) is 4.92 Å². The Balaban J connectivity index is 2.33. The Morgan fingerprint density at radius 2 is 1.90 bits per heavy atom. The van der Waals surface area contributed by atoms with Crippen LogP contribution in [0.15, 0.2) is 18.2 Å². The van der Waals surface area contributed by atoms with Crippen LogP contribution < -0.4 is 4.90 Å². The minimum atomic E-state index is -0.480. The Hall–Kier alpha value is -1.95. The summed E-state index contributed by atoms with van der Waals surface area (Å²) in [5, 5.41) is 10.8. The Labute approximate surface area is 118 Å². The number of likely N-dealkylation sites (N-methyl/N-ethyl adjacent to an activating group) is 1. The van der Waals surface area contributed by atoms with Gasteiger partial charge in [0.2, 0.25) is 0 Å². The lowest BCUT2D eigenvalue weighted by molar-refractivity contribution is -0.384. The van der Waals surface area contributed by atoms with Gasteiger partial charge in [-0.2, -0.15) is 0 Å². The van der Waals surface area contributed by atoms with Crippen LogP contribution in [-0.4, -0.2) is 48.3 Å². The molecule has 1 fully saturated rings. The van der Waals surface area contributed by atoms with Crippen LogP contribution >= 0.6 is 0 Å². The summed E-state index contributed by atoms with van der Waals surface area (Å²) in [4.78, 5) is 25.9. The lowest BCUT2D eigenvalue weighted by atomic mass is 10.1. The molecule has 0 saturated carbocycles. The first-order valence-electron chi connectivity index (χ1n) is 6.64. The molecule has 0 radical (unpaired) electrons. The molecule has 2 atom stereocenters. The molecule has 2 rings (SSSR count). The van der Waals surface area contributed by atoms with Crippen LogP contribution in [0.25, 0.3) is 0 Å². The van der Waals surface area contributed by atoms with E-state index in [0.29, 0.717) is 23.9 Å². The van der Waals surface area contributed by atoms with E-state index in [-0.39, 0.29) is 5.69 Å². The minimum Gasteiger partial charge on any atom is -0.368 e. The fourth-order valence-corrected chi connectivity index (χ4v) is 2.64. The number of anilines is 1. The van der Waals surface area contributed by atoms with Gasteiger partial charge in [0.25, 0.3) is 5.69 Å². The molecule has 1 aliphatic rings. The number of rotatable bonds is 3. The van der Waals surface area contributed by atoms with Gasteiger partial charge < -0.3 is 4.90 Å². The van der Waals surface area contributed by atoms with Crippen molar-refractivity contribution in [1.82, 2.24) is 4.90 Å². The molecule has 0 amide bonds. The first-order valence-corrected chi connectivity index (χ1v) is 6.64. The van der Waals surface area contributed by atoms with E-state index in [1.165, 1.54) is 12.1 Å². The van der Waals surface area contributed by atoms with Crippen LogP contribution in [-0.2, 0) is 0 Å². The third kappa shape index (κ3) is 2.65. The average molecular weight is 277 g/mol. The SMILES string of the molecule is CC1CN(c2ccc([N+](=O)[O-])cc2C=O)CC(C)N1C. The van der Waals surface area contributed by atoms with Gasteiger partial charge in [-0.3, -0.25) is 19.8 Å². The molecule has 1 aromatic carbocycles. The van der Waals surface area contributed by atoms with Gasteiger partial charge in [-0.05, 0) is 27.0 Å². The maximum absolute atomic E-state index is 11.2. The second kappa shape index (κ2) is 5.58. The molecule has 2 unspecified atom stereocenters. The van der Waals surface area contributed by atoms with Gasteiger partial charge in [-0.25, -0.2) is 0 Å². The van der Waals surface area contributed by atoms with Crippen molar-refractivity contribution < 1.29 is 9.72 Å². The van der Waals surface area contributed by atoms with Crippen molar-refractivity contribution >= 4 is 17.7 Å². The summed E-state index contributed by atoms with van der Waals surface area (Å²) in [7, 11) is 2.09. The topological polar surface area (TPSA) is 66.7 Å². The normalized spacial score (nSPS) is 23.6. The average Bonchev–Trinajstić information content (AvgIpc) is 2.43. The highest BCUT2D eigenvalue weighted by Crippen LogP contribution is 2.27. The summed E-state index contributed by atoms with van der Waals surface area (Å²) in [5.41, 5.74) is 1.10. The number of carbonyl (C=O) groups is 1. The van der Waals surface area contributed by atoms with Crippen molar-refractivity contribution in [2.24, 2.45) is 0 Å². The summed E-state index contributed by atoms with van der Waals surface area (Å²) in [6, 6.07) is 5.21. The molecule has 1 heterocycles. The summed E-state index contributed by atoms with van der Waals surface area (Å²) < 4.78 is 0. The highest BCUT2D eigenvalue weighted by Gasteiger charge is 2.28. The Morgan fingerprint density at radius 3 is 2.40 bits per heavy atom. The number of hydrogen-bond donors (Lipinski definition) is 0. The fraction of sp³-hybridized carbons (Fsp3) is 0.500. The standard InChI is InChI=1S/C14H19N3O3/c1-10-7-16(8-11(2)15(10)3)14-5-4-13(17(19)20)6-12(14)9-18/h4-6,9-11H,7-8H2,1-3H3. The third-order valence-corrected chi connectivity index (χ3v) is 4.05. The second-order valence-corrected chi connectivity index (χ2v) is 5.39. The first-order chi connectivity index (χ1) is 9.43. The molecule has 1 aromatic rings. The zero-order valence-electron chi connectivity index (χ0n) is 11.9. The third-order valence-electron chi connectivity index (χ3n) is 4.05. The van der Waals surface area contributed by atoms with Crippen LogP contribution in [0.1, 0.15) is 24.2 Å². The molecule has 0 aromatic heterocycles. The summed E-state index contributed by atoms with van der Waals surface area (Å²) in [5.74, 6) is 0. The van der Waals surface area contributed by atoms with Gasteiger partial charge >= 0.3 is 0 Å². The monoisotopic (exact) mass is 277 g/mol. The number of aldehydes is 1. The van der Waals surface area contributed by atoms with E-state index in [1.54, 1.807) is 6.07 Å². The van der Waals surface area contributed by atoms with Crippen molar-refractivity contribution in [2.75, 3.05) is 25.0 Å². The quantitative estimate of drug-likeness (QED) is 0.480. The van der Waals surface area contributed by atoms with Gasteiger partial charge in [0.1, 0.15) is 0 Å². The predicted octanol–water partition coefficient (Wildman–Crippen LogP) is 1.94. The molecule has 6 heteroatoms. The second-order valence-electron chi connectivity index (χ2n) is 5.39. The van der Waals surface area contributed by atoms with Crippen molar-refractivity contribution in [3.63, 3.8) is 0 Å². The van der Waals surface area contributed by atoms with Gasteiger partial charge in [0.15, 0.2) is 6.29 Å². The van der Waals surface area contributed by atoms with Crippen molar-refractivity contribution in [3.8, 4) is 0 Å². The molecule has 1 saturated heterocycles. The lowest BCUT2D eigenvalue weighted by Crippen LogP contribution is -2.55. The summed E-state index contributed by atoms with van der Waals surface area (Å²) >= 11 is 0. The molecule has 6 nitrogen and oxygen atoms in total. The smallest absolute Gasteiger partial charge is 0.270 e. The highest BCUT2D eigenvalue weighted by molar-refractivity contribution is 5.86. The Bertz CT molecular complexity index is 520. The number of nitro groups is 1. The van der Waals surface area contributed by atoms with Crippen LogP contribution in [0.2, 0.25) is 0 Å². The van der Waals surface area contributed by atoms with E-state index < -0.39 is 4.92 Å². The Kier molecular flexibility index (Phi) is 4.04. The number of piperazine rings is 1. The molecule has 0 spiro atoms. The number of hydrogen-bond acceptors (Lipinski definition) is 5. The number of carbonyl (C=O) groups excluding carboxylic acids is 1. The summed E-state index contributed by atoms with van der Waals surface area (Å²) in [6.07, 6.45) is 0.690. The lowest BCUT2D eigenvalue weighted by Gasteiger charge is -2.43. The molecule has 1 aliphatic heterocycles. The van der Waals surface area contributed by atoms with E-state index in [0.717, 1.165) is 18.8 Å². The van der Waals surface area contributed by atoms with Crippen LogP contribution in [0.3, 0.4) is 0 Å². The fourth-order valence-electron chi connectivity index (χ4n) is 2.64. The van der Waals surface area contributed by atoms with Gasteiger partial charge in [0, 0.05) is 48.6 Å². The molecular weight excluding hydrogens is 258 g/mol. The molecular formula is C14H19N3O3. The van der Waals surface area contributed by atoms with Crippen LogP contribution in [0.5, 0.6) is 0 Å². The summed E-state index contributed by atoms with van der Waals surface area (Å²) in [6.45, 7) is 5.88. The van der Waals surface area contributed by atoms with Crippen molar-refractivity contribution in [1.29, 1.82) is 0 Å². The van der Waals surface area contributed by atoms with E-state index in [4.69, 9.17) is 0 Å².